The Labute approximate surface area is 182 Å². The van der Waals surface area contributed by atoms with Crippen molar-refractivity contribution in [2.45, 2.75) is 37.7 Å². The molecule has 188 valence electrons. The zero-order valence-corrected chi connectivity index (χ0v) is 16.3. The number of aliphatic hydroxyl groups is 2. The molecule has 3 nitrogen and oxygen atoms in total. The van der Waals surface area contributed by atoms with Crippen LogP contribution >= 0.6 is 0 Å². The van der Waals surface area contributed by atoms with Crippen LogP contribution in [0.25, 0.3) is 5.76 Å². The molecule has 2 rings (SSSR count). The van der Waals surface area contributed by atoms with Crippen LogP contribution in [0.4, 0.5) is 52.7 Å². The Morgan fingerprint density at radius 3 is 1.59 bits per heavy atom. The van der Waals surface area contributed by atoms with Crippen LogP contribution in [-0.4, -0.2) is 15.2 Å². The minimum absolute atomic E-state index is 0.0620. The molecule has 1 aromatic carbocycles. The number of nitrogens with zero attached hydrogens (tertiary/aromatic N) is 1. The van der Waals surface area contributed by atoms with Crippen molar-refractivity contribution in [2.75, 3.05) is 0 Å². The van der Waals surface area contributed by atoms with E-state index < -0.39 is 75.8 Å². The summed E-state index contributed by atoms with van der Waals surface area (Å²) in [5.74, 6) is -1.55. The SMILES string of the molecule is C/C(=C(/O)c1ccc(C(F)(F)F)nc1C(F)(F)F)C(O)c1cc(C(F)(F)F)cc(C(F)(F)F)c1. The summed E-state index contributed by atoms with van der Waals surface area (Å²) in [4.78, 5) is 2.42. The molecule has 0 fully saturated rings. The molecule has 34 heavy (non-hydrogen) atoms. The maximum Gasteiger partial charge on any atom is 0.434 e. The van der Waals surface area contributed by atoms with Gasteiger partial charge in [0.05, 0.1) is 11.1 Å². The van der Waals surface area contributed by atoms with Gasteiger partial charge in [0.2, 0.25) is 0 Å². The van der Waals surface area contributed by atoms with Gasteiger partial charge in [0.15, 0.2) is 5.69 Å². The average molecular weight is 513 g/mol. The average Bonchev–Trinajstić information content (AvgIpc) is 2.68. The molecule has 0 radical (unpaired) electrons. The van der Waals surface area contributed by atoms with Crippen LogP contribution in [-0.2, 0) is 24.7 Å². The third kappa shape index (κ3) is 5.93. The van der Waals surface area contributed by atoms with Crippen LogP contribution in [0.2, 0.25) is 0 Å². The Bertz CT molecular complexity index is 1060. The molecule has 1 aromatic heterocycles. The predicted molar refractivity (Wildman–Crippen MR) is 90.9 cm³/mol. The van der Waals surface area contributed by atoms with Crippen molar-refractivity contribution in [1.29, 1.82) is 0 Å². The maximum absolute atomic E-state index is 13.3. The molecule has 0 aliphatic heterocycles. The summed E-state index contributed by atoms with van der Waals surface area (Å²) in [6, 6.07) is 0.0966. The molecule has 1 atom stereocenters. The zero-order valence-electron chi connectivity index (χ0n) is 16.3. The van der Waals surface area contributed by atoms with E-state index in [4.69, 9.17) is 0 Å². The normalized spacial score (nSPS) is 15.2. The van der Waals surface area contributed by atoms with E-state index >= 15 is 0 Å². The number of halogens is 12. The summed E-state index contributed by atoms with van der Waals surface area (Å²) < 4.78 is 156. The van der Waals surface area contributed by atoms with Crippen molar-refractivity contribution in [3.05, 3.63) is 69.5 Å². The maximum atomic E-state index is 13.3. The van der Waals surface area contributed by atoms with E-state index in [-0.39, 0.29) is 30.3 Å². The van der Waals surface area contributed by atoms with Gasteiger partial charge in [-0.2, -0.15) is 52.7 Å². The van der Waals surface area contributed by atoms with Crippen LogP contribution < -0.4 is 0 Å². The van der Waals surface area contributed by atoms with E-state index in [1.54, 1.807) is 0 Å². The smallest absolute Gasteiger partial charge is 0.434 e. The van der Waals surface area contributed by atoms with Crippen molar-refractivity contribution in [3.63, 3.8) is 0 Å². The van der Waals surface area contributed by atoms with Crippen molar-refractivity contribution in [3.8, 4) is 0 Å². The van der Waals surface area contributed by atoms with Gasteiger partial charge in [0.25, 0.3) is 0 Å². The molecular weight excluding hydrogens is 502 g/mol. The molecule has 1 heterocycles. The number of benzene rings is 1. The highest BCUT2D eigenvalue weighted by Crippen LogP contribution is 2.41. The van der Waals surface area contributed by atoms with Gasteiger partial charge in [-0.15, -0.1) is 0 Å². The quantitative estimate of drug-likeness (QED) is 0.338. The highest BCUT2D eigenvalue weighted by molar-refractivity contribution is 5.65. The van der Waals surface area contributed by atoms with Crippen LogP contribution in [0.5, 0.6) is 0 Å². The Kier molecular flexibility index (Phi) is 6.95. The molecule has 0 saturated heterocycles. The summed E-state index contributed by atoms with van der Waals surface area (Å²) in [6.45, 7) is 0.658. The van der Waals surface area contributed by atoms with Crippen molar-refractivity contribution in [2.24, 2.45) is 0 Å². The fraction of sp³-hybridized carbons (Fsp3) is 0.316. The third-order valence-electron chi connectivity index (χ3n) is 4.42. The second-order valence-electron chi connectivity index (χ2n) is 6.86. The van der Waals surface area contributed by atoms with Gasteiger partial charge < -0.3 is 10.2 Å². The summed E-state index contributed by atoms with van der Waals surface area (Å²) in [5, 5.41) is 20.4. The Hall–Kier alpha value is -2.97. The molecule has 0 saturated carbocycles. The summed E-state index contributed by atoms with van der Waals surface area (Å²) >= 11 is 0. The lowest BCUT2D eigenvalue weighted by molar-refractivity contribution is -0.150. The van der Waals surface area contributed by atoms with Crippen LogP contribution in [0.15, 0.2) is 35.9 Å². The molecule has 0 amide bonds. The lowest BCUT2D eigenvalue weighted by Gasteiger charge is -2.20. The summed E-state index contributed by atoms with van der Waals surface area (Å²) in [6.07, 6.45) is -24.0. The minimum atomic E-state index is -5.56. The van der Waals surface area contributed by atoms with Crippen LogP contribution in [0, 0.1) is 0 Å². The number of alkyl halides is 12. The van der Waals surface area contributed by atoms with Gasteiger partial charge in [0.1, 0.15) is 17.6 Å². The Balaban J connectivity index is 2.70. The first-order valence-corrected chi connectivity index (χ1v) is 8.67. The molecular formula is C19H11F12NO2. The standard InChI is InChI=1S/C19H11F12NO2/c1-7(13(33)8-4-9(16(20,21)22)6-10(5-8)17(23,24)25)14(34)11-2-3-12(18(26,27)28)32-15(11)19(29,30)31/h2-6,13,33-34H,1H3/b14-7-. The third-order valence-corrected chi connectivity index (χ3v) is 4.42. The topological polar surface area (TPSA) is 53.4 Å². The van der Waals surface area contributed by atoms with E-state index in [9.17, 15) is 62.9 Å². The van der Waals surface area contributed by atoms with E-state index in [0.29, 0.717) is 6.92 Å². The first-order valence-electron chi connectivity index (χ1n) is 8.67. The van der Waals surface area contributed by atoms with E-state index in [2.05, 4.69) is 4.98 Å². The van der Waals surface area contributed by atoms with Gasteiger partial charge in [-0.1, -0.05) is 0 Å². The number of pyridine rings is 1. The lowest BCUT2D eigenvalue weighted by atomic mass is 9.95. The molecule has 2 N–H and O–H groups in total. The fourth-order valence-corrected chi connectivity index (χ4v) is 2.75. The van der Waals surface area contributed by atoms with Crippen molar-refractivity contribution in [1.82, 2.24) is 4.98 Å². The predicted octanol–water partition coefficient (Wildman–Crippen LogP) is 7.18. The summed E-state index contributed by atoms with van der Waals surface area (Å²) in [5.41, 5.74) is -11.4. The fourth-order valence-electron chi connectivity index (χ4n) is 2.75. The molecule has 0 aliphatic rings. The van der Waals surface area contributed by atoms with E-state index in [1.165, 1.54) is 0 Å². The van der Waals surface area contributed by atoms with Gasteiger partial charge in [0, 0.05) is 11.1 Å². The molecule has 0 spiro atoms. The number of hydrogen-bond acceptors (Lipinski definition) is 3. The first kappa shape index (κ1) is 27.3. The number of hydrogen-bond donors (Lipinski definition) is 2. The van der Waals surface area contributed by atoms with Crippen molar-refractivity contribution >= 4 is 5.76 Å². The van der Waals surface area contributed by atoms with Crippen LogP contribution in [0.1, 0.15) is 46.7 Å². The van der Waals surface area contributed by atoms with E-state index in [1.807, 2.05) is 0 Å². The Morgan fingerprint density at radius 1 is 0.735 bits per heavy atom. The van der Waals surface area contributed by atoms with Crippen LogP contribution in [0.3, 0.4) is 0 Å². The molecule has 0 bridgehead atoms. The monoisotopic (exact) mass is 513 g/mol. The van der Waals surface area contributed by atoms with Gasteiger partial charge in [-0.25, -0.2) is 4.98 Å². The number of rotatable bonds is 3. The largest absolute Gasteiger partial charge is 0.507 e. The second-order valence-corrected chi connectivity index (χ2v) is 6.86. The number of aromatic nitrogens is 1. The van der Waals surface area contributed by atoms with Gasteiger partial charge >= 0.3 is 24.7 Å². The molecule has 2 aromatic rings. The number of aliphatic hydroxyl groups excluding tert-OH is 2. The first-order chi connectivity index (χ1) is 15.1. The minimum Gasteiger partial charge on any atom is -0.507 e. The summed E-state index contributed by atoms with van der Waals surface area (Å²) in [7, 11) is 0. The van der Waals surface area contributed by atoms with E-state index in [0.717, 1.165) is 0 Å². The highest BCUT2D eigenvalue weighted by Gasteiger charge is 2.42. The zero-order chi connectivity index (χ0) is 26.4. The van der Waals surface area contributed by atoms with Gasteiger partial charge in [-0.3, -0.25) is 0 Å². The van der Waals surface area contributed by atoms with Crippen molar-refractivity contribution < 1.29 is 62.9 Å². The van der Waals surface area contributed by atoms with Gasteiger partial charge in [-0.05, 0) is 42.8 Å². The molecule has 15 heteroatoms. The lowest BCUT2D eigenvalue weighted by Crippen LogP contribution is -2.18. The second kappa shape index (κ2) is 8.67. The molecule has 1 unspecified atom stereocenters. The highest BCUT2D eigenvalue weighted by atomic mass is 19.4. The molecule has 0 aliphatic carbocycles. The Morgan fingerprint density at radius 2 is 1.21 bits per heavy atom.